The number of hydrogen-bond donors (Lipinski definition) is 0. The van der Waals surface area contributed by atoms with E-state index in [4.69, 9.17) is 0 Å². The van der Waals surface area contributed by atoms with Crippen LogP contribution in [0.4, 0.5) is 0 Å². The van der Waals surface area contributed by atoms with E-state index in [9.17, 15) is 5.26 Å². The highest BCUT2D eigenvalue weighted by atomic mass is 32.2. The van der Waals surface area contributed by atoms with Crippen molar-refractivity contribution in [2.45, 2.75) is 16.8 Å². The Morgan fingerprint density at radius 1 is 1.05 bits per heavy atom. The Hall–Kier alpha value is -2.38. The summed E-state index contributed by atoms with van der Waals surface area (Å²) >= 11 is 1.52. The molecule has 1 aromatic heterocycles. The minimum absolute atomic E-state index is 0.678. The third kappa shape index (κ3) is 2.24. The smallest absolute Gasteiger partial charge is 0.117 e. The predicted molar refractivity (Wildman–Crippen MR) is 79.6 cm³/mol. The molecule has 0 aliphatic carbocycles. The second kappa shape index (κ2) is 5.32. The van der Waals surface area contributed by atoms with Crippen LogP contribution in [0.5, 0.6) is 0 Å². The summed E-state index contributed by atoms with van der Waals surface area (Å²) in [6, 6.07) is 15.9. The molecule has 0 N–H and O–H groups in total. The van der Waals surface area contributed by atoms with Gasteiger partial charge in [0.15, 0.2) is 0 Å². The number of para-hydroxylation sites is 1. The minimum atomic E-state index is 0.678. The monoisotopic (exact) mass is 277 g/mol. The average Bonchev–Trinajstić information content (AvgIpc) is 2.49. The minimum Gasteiger partial charge on any atom is -0.236 e. The number of nitrogens with zero attached hydrogens (tertiary/aromatic N) is 3. The average molecular weight is 277 g/mol. The number of nitriles is 1. The van der Waals surface area contributed by atoms with Gasteiger partial charge in [0, 0.05) is 10.3 Å². The van der Waals surface area contributed by atoms with E-state index in [0.29, 0.717) is 5.56 Å². The van der Waals surface area contributed by atoms with Crippen molar-refractivity contribution in [1.82, 2.24) is 9.97 Å². The number of rotatable bonds is 2. The number of aryl methyl sites for hydroxylation is 1. The maximum absolute atomic E-state index is 9.24. The Morgan fingerprint density at radius 2 is 1.90 bits per heavy atom. The molecule has 0 saturated heterocycles. The molecule has 3 rings (SSSR count). The van der Waals surface area contributed by atoms with Gasteiger partial charge in [-0.15, -0.1) is 0 Å². The van der Waals surface area contributed by atoms with E-state index in [1.54, 1.807) is 6.33 Å². The highest BCUT2D eigenvalue weighted by molar-refractivity contribution is 7.99. The van der Waals surface area contributed by atoms with Gasteiger partial charge in [0.05, 0.1) is 11.1 Å². The lowest BCUT2D eigenvalue weighted by Crippen LogP contribution is -1.90. The molecule has 1 heterocycles. The number of benzene rings is 2. The van der Waals surface area contributed by atoms with Crippen molar-refractivity contribution >= 4 is 22.7 Å². The zero-order chi connectivity index (χ0) is 13.9. The van der Waals surface area contributed by atoms with Crippen LogP contribution in [0.3, 0.4) is 0 Å². The summed E-state index contributed by atoms with van der Waals surface area (Å²) in [6.07, 6.45) is 1.56. The largest absolute Gasteiger partial charge is 0.236 e. The Kier molecular flexibility index (Phi) is 3.36. The summed E-state index contributed by atoms with van der Waals surface area (Å²) in [7, 11) is 0. The zero-order valence-electron chi connectivity index (χ0n) is 10.9. The fourth-order valence-corrected chi connectivity index (χ4v) is 3.06. The fraction of sp³-hybridized carbons (Fsp3) is 0.0625. The summed E-state index contributed by atoms with van der Waals surface area (Å²) in [6.45, 7) is 2.01. The fourth-order valence-electron chi connectivity index (χ4n) is 2.03. The molecule has 2 aromatic carbocycles. The number of hydrogen-bond acceptors (Lipinski definition) is 4. The topological polar surface area (TPSA) is 49.6 Å². The van der Waals surface area contributed by atoms with Crippen LogP contribution in [0, 0.1) is 18.3 Å². The lowest BCUT2D eigenvalue weighted by atomic mass is 10.1. The van der Waals surface area contributed by atoms with Crippen LogP contribution >= 0.6 is 11.8 Å². The molecular weight excluding hydrogens is 266 g/mol. The third-order valence-corrected chi connectivity index (χ3v) is 4.30. The van der Waals surface area contributed by atoms with E-state index in [2.05, 4.69) is 16.0 Å². The lowest BCUT2D eigenvalue weighted by Gasteiger charge is -2.08. The van der Waals surface area contributed by atoms with Crippen LogP contribution in [0.25, 0.3) is 10.9 Å². The van der Waals surface area contributed by atoms with E-state index in [1.165, 1.54) is 11.8 Å². The molecule has 0 aliphatic heterocycles. The van der Waals surface area contributed by atoms with E-state index in [1.807, 2.05) is 49.4 Å². The van der Waals surface area contributed by atoms with Crippen molar-refractivity contribution in [2.24, 2.45) is 0 Å². The Labute approximate surface area is 121 Å². The van der Waals surface area contributed by atoms with Gasteiger partial charge in [0.2, 0.25) is 0 Å². The van der Waals surface area contributed by atoms with Gasteiger partial charge < -0.3 is 0 Å². The van der Waals surface area contributed by atoms with Crippen molar-refractivity contribution in [3.63, 3.8) is 0 Å². The van der Waals surface area contributed by atoms with Crippen LogP contribution in [-0.2, 0) is 0 Å². The zero-order valence-corrected chi connectivity index (χ0v) is 11.7. The SMILES string of the molecule is Cc1cccc(C#N)c1Sc1ncnc2ccccc12. The highest BCUT2D eigenvalue weighted by Crippen LogP contribution is 2.34. The van der Waals surface area contributed by atoms with Gasteiger partial charge in [-0.25, -0.2) is 9.97 Å². The molecule has 0 radical (unpaired) electrons. The van der Waals surface area contributed by atoms with Gasteiger partial charge in [-0.05, 0) is 24.6 Å². The van der Waals surface area contributed by atoms with Crippen molar-refractivity contribution in [2.75, 3.05) is 0 Å². The normalized spacial score (nSPS) is 10.4. The molecular formula is C16H11N3S. The van der Waals surface area contributed by atoms with Crippen LogP contribution < -0.4 is 0 Å². The van der Waals surface area contributed by atoms with Gasteiger partial charge in [-0.1, -0.05) is 42.1 Å². The van der Waals surface area contributed by atoms with Gasteiger partial charge in [0.25, 0.3) is 0 Å². The Bertz CT molecular complexity index is 816. The van der Waals surface area contributed by atoms with Gasteiger partial charge in [0.1, 0.15) is 17.4 Å². The number of fused-ring (bicyclic) bond motifs is 1. The molecule has 0 saturated carbocycles. The first kappa shape index (κ1) is 12.6. The Morgan fingerprint density at radius 3 is 2.75 bits per heavy atom. The van der Waals surface area contributed by atoms with Crippen LogP contribution in [0.1, 0.15) is 11.1 Å². The van der Waals surface area contributed by atoms with E-state index >= 15 is 0 Å². The first-order chi connectivity index (χ1) is 9.79. The molecule has 96 valence electrons. The Balaban J connectivity index is 2.13. The maximum Gasteiger partial charge on any atom is 0.117 e. The number of aromatic nitrogens is 2. The molecule has 4 heteroatoms. The van der Waals surface area contributed by atoms with Crippen LogP contribution in [0.15, 0.2) is 58.7 Å². The summed E-state index contributed by atoms with van der Waals surface area (Å²) < 4.78 is 0. The van der Waals surface area contributed by atoms with Crippen molar-refractivity contribution in [3.05, 3.63) is 59.9 Å². The van der Waals surface area contributed by atoms with Gasteiger partial charge >= 0.3 is 0 Å². The summed E-state index contributed by atoms with van der Waals surface area (Å²) in [4.78, 5) is 9.58. The summed E-state index contributed by atoms with van der Waals surface area (Å²) in [5, 5.41) is 11.1. The first-order valence-corrected chi connectivity index (χ1v) is 6.98. The van der Waals surface area contributed by atoms with Crippen LogP contribution in [0.2, 0.25) is 0 Å². The van der Waals surface area contributed by atoms with Gasteiger partial charge in [-0.2, -0.15) is 5.26 Å². The molecule has 0 amide bonds. The second-order valence-electron chi connectivity index (χ2n) is 4.36. The van der Waals surface area contributed by atoms with E-state index < -0.39 is 0 Å². The molecule has 0 atom stereocenters. The van der Waals surface area contributed by atoms with Crippen molar-refractivity contribution in [3.8, 4) is 6.07 Å². The molecule has 0 fully saturated rings. The molecule has 0 unspecified atom stereocenters. The quantitative estimate of drug-likeness (QED) is 0.665. The van der Waals surface area contributed by atoms with Crippen LogP contribution in [-0.4, -0.2) is 9.97 Å². The third-order valence-electron chi connectivity index (χ3n) is 3.04. The lowest BCUT2D eigenvalue weighted by molar-refractivity contribution is 1.10. The first-order valence-electron chi connectivity index (χ1n) is 6.17. The molecule has 20 heavy (non-hydrogen) atoms. The maximum atomic E-state index is 9.24. The summed E-state index contributed by atoms with van der Waals surface area (Å²) in [5.41, 5.74) is 2.67. The van der Waals surface area contributed by atoms with Gasteiger partial charge in [-0.3, -0.25) is 0 Å². The molecule has 0 bridgehead atoms. The predicted octanol–water partition coefficient (Wildman–Crippen LogP) is 3.96. The molecule has 0 aliphatic rings. The van der Waals surface area contributed by atoms with E-state index in [0.717, 1.165) is 26.4 Å². The molecule has 0 spiro atoms. The highest BCUT2D eigenvalue weighted by Gasteiger charge is 2.10. The molecule has 3 aromatic rings. The molecule has 3 nitrogen and oxygen atoms in total. The summed E-state index contributed by atoms with van der Waals surface area (Å²) in [5.74, 6) is 0. The van der Waals surface area contributed by atoms with Crippen molar-refractivity contribution in [1.29, 1.82) is 5.26 Å². The second-order valence-corrected chi connectivity index (χ2v) is 5.36. The van der Waals surface area contributed by atoms with Crippen molar-refractivity contribution < 1.29 is 0 Å². The van der Waals surface area contributed by atoms with E-state index in [-0.39, 0.29) is 0 Å². The standard InChI is InChI=1S/C16H11N3S/c1-11-5-4-6-12(9-17)15(11)20-16-13-7-2-3-8-14(13)18-10-19-16/h2-8,10H,1H3.